The van der Waals surface area contributed by atoms with Crippen molar-refractivity contribution >= 4 is 15.8 Å². The third-order valence-electron chi connectivity index (χ3n) is 1.98. The van der Waals surface area contributed by atoms with Gasteiger partial charge in [0.05, 0.1) is 17.4 Å². The molecule has 0 spiro atoms. The van der Waals surface area contributed by atoms with Gasteiger partial charge in [0.25, 0.3) is 0 Å². The number of carboxylic acids is 1. The number of ether oxygens (including phenoxy) is 1. The lowest BCUT2D eigenvalue weighted by Crippen LogP contribution is -2.23. The molecule has 90 valence electrons. The van der Waals surface area contributed by atoms with Crippen molar-refractivity contribution in [2.45, 2.75) is 19.8 Å². The number of unbranched alkanes of at least 4 members (excludes halogenated alkanes) is 1. The molecule has 1 N–H and O–H groups in total. The Morgan fingerprint density at radius 3 is 2.47 bits per heavy atom. The third kappa shape index (κ3) is 7.33. The number of hydrogen-bond acceptors (Lipinski definition) is 4. The van der Waals surface area contributed by atoms with Gasteiger partial charge in [-0.15, -0.1) is 0 Å². The summed E-state index contributed by atoms with van der Waals surface area (Å²) in [5.74, 6) is -2.16. The maximum Gasteiger partial charge on any atom is 0.307 e. The number of carbonyl (C=O) groups is 1. The van der Waals surface area contributed by atoms with Crippen LogP contribution < -0.4 is 0 Å². The summed E-state index contributed by atoms with van der Waals surface area (Å²) >= 11 is 0. The van der Waals surface area contributed by atoms with Crippen LogP contribution in [0.4, 0.5) is 0 Å². The molecule has 0 bridgehead atoms. The number of rotatable bonds is 8. The topological polar surface area (TPSA) is 80.7 Å². The summed E-state index contributed by atoms with van der Waals surface area (Å²) in [6.07, 6.45) is 1.19. The summed E-state index contributed by atoms with van der Waals surface area (Å²) in [4.78, 5) is 10.5. The van der Waals surface area contributed by atoms with Crippen molar-refractivity contribution in [3.05, 3.63) is 0 Å². The molecule has 0 rings (SSSR count). The minimum atomic E-state index is -3.24. The lowest BCUT2D eigenvalue weighted by molar-refractivity contribution is -0.140. The van der Waals surface area contributed by atoms with Crippen LogP contribution in [0, 0.1) is 5.92 Å². The molecule has 0 aliphatic rings. The summed E-state index contributed by atoms with van der Waals surface area (Å²) in [6, 6.07) is 0. The fraction of sp³-hybridized carbons (Fsp3) is 0.889. The summed E-state index contributed by atoms with van der Waals surface area (Å²) in [7, 11) is -1.69. The number of methoxy groups -OCH3 is 1. The van der Waals surface area contributed by atoms with Crippen molar-refractivity contribution in [3.63, 3.8) is 0 Å². The highest BCUT2D eigenvalue weighted by Crippen LogP contribution is 2.05. The highest BCUT2D eigenvalue weighted by Gasteiger charge is 2.20. The van der Waals surface area contributed by atoms with Crippen LogP contribution in [-0.2, 0) is 19.4 Å². The fourth-order valence-electron chi connectivity index (χ4n) is 1.10. The molecule has 0 amide bonds. The van der Waals surface area contributed by atoms with Crippen LogP contribution in [0.25, 0.3) is 0 Å². The molecule has 6 heteroatoms. The van der Waals surface area contributed by atoms with Gasteiger partial charge in [0.15, 0.2) is 9.84 Å². The van der Waals surface area contributed by atoms with Crippen molar-refractivity contribution in [1.29, 1.82) is 0 Å². The molecule has 0 radical (unpaired) electrons. The van der Waals surface area contributed by atoms with Gasteiger partial charge in [0, 0.05) is 13.7 Å². The second-order valence-corrected chi connectivity index (χ2v) is 5.78. The van der Waals surface area contributed by atoms with Crippen molar-refractivity contribution in [2.75, 3.05) is 25.2 Å². The predicted octanol–water partition coefficient (Wildman–Crippen LogP) is 0.548. The molecule has 0 aromatic heterocycles. The lowest BCUT2D eigenvalue weighted by Gasteiger charge is -2.07. The first kappa shape index (κ1) is 14.4. The SMILES string of the molecule is COCCCCS(=O)(=O)CC(C)C(=O)O. The van der Waals surface area contributed by atoms with Crippen LogP contribution in [0.3, 0.4) is 0 Å². The second kappa shape index (κ2) is 6.79. The van der Waals surface area contributed by atoms with Gasteiger partial charge in [-0.2, -0.15) is 0 Å². The number of carboxylic acid groups (broad SMARTS) is 1. The van der Waals surface area contributed by atoms with Crippen molar-refractivity contribution in [3.8, 4) is 0 Å². The molecule has 15 heavy (non-hydrogen) atoms. The largest absolute Gasteiger partial charge is 0.481 e. The van der Waals surface area contributed by atoms with Crippen LogP contribution in [0.2, 0.25) is 0 Å². The van der Waals surface area contributed by atoms with Crippen LogP contribution in [0.1, 0.15) is 19.8 Å². The number of aliphatic carboxylic acids is 1. The molecular formula is C9H18O5S. The Balaban J connectivity index is 3.92. The van der Waals surface area contributed by atoms with E-state index in [4.69, 9.17) is 9.84 Å². The van der Waals surface area contributed by atoms with E-state index in [0.717, 1.165) is 0 Å². The molecule has 0 heterocycles. The molecule has 0 aromatic carbocycles. The van der Waals surface area contributed by atoms with Crippen LogP contribution >= 0.6 is 0 Å². The van der Waals surface area contributed by atoms with Gasteiger partial charge in [-0.1, -0.05) is 6.92 Å². The van der Waals surface area contributed by atoms with E-state index in [1.807, 2.05) is 0 Å². The minimum absolute atomic E-state index is 0.0357. The molecule has 0 aliphatic carbocycles. The Morgan fingerprint density at radius 2 is 2.00 bits per heavy atom. The first-order valence-corrected chi connectivity index (χ1v) is 6.63. The van der Waals surface area contributed by atoms with Crippen LogP contribution in [0.5, 0.6) is 0 Å². The summed E-state index contributed by atoms with van der Waals surface area (Å²) < 4.78 is 27.6. The van der Waals surface area contributed by atoms with Gasteiger partial charge in [-0.3, -0.25) is 4.79 Å². The Morgan fingerprint density at radius 1 is 1.40 bits per heavy atom. The predicted molar refractivity (Wildman–Crippen MR) is 56.6 cm³/mol. The molecule has 1 atom stereocenters. The molecular weight excluding hydrogens is 220 g/mol. The van der Waals surface area contributed by atoms with E-state index in [9.17, 15) is 13.2 Å². The first-order chi connectivity index (χ1) is 6.89. The molecule has 0 aliphatic heterocycles. The Kier molecular flexibility index (Phi) is 6.51. The van der Waals surface area contributed by atoms with E-state index in [-0.39, 0.29) is 11.5 Å². The zero-order valence-electron chi connectivity index (χ0n) is 9.10. The van der Waals surface area contributed by atoms with Gasteiger partial charge in [0.2, 0.25) is 0 Å². The van der Waals surface area contributed by atoms with Gasteiger partial charge in [-0.05, 0) is 12.8 Å². The maximum absolute atomic E-state index is 11.4. The second-order valence-electron chi connectivity index (χ2n) is 3.55. The number of hydrogen-bond donors (Lipinski definition) is 1. The van der Waals surface area contributed by atoms with E-state index in [0.29, 0.717) is 19.4 Å². The standard InChI is InChI=1S/C9H18O5S/c1-8(9(10)11)7-15(12,13)6-4-3-5-14-2/h8H,3-7H2,1-2H3,(H,10,11). The van der Waals surface area contributed by atoms with Crippen LogP contribution in [0.15, 0.2) is 0 Å². The van der Waals surface area contributed by atoms with E-state index in [1.54, 1.807) is 7.11 Å². The van der Waals surface area contributed by atoms with Gasteiger partial charge in [-0.25, -0.2) is 8.42 Å². The van der Waals surface area contributed by atoms with Gasteiger partial charge in [0.1, 0.15) is 0 Å². The van der Waals surface area contributed by atoms with Crippen LogP contribution in [-0.4, -0.2) is 44.7 Å². The van der Waals surface area contributed by atoms with Crippen molar-refractivity contribution in [2.24, 2.45) is 5.92 Å². The summed E-state index contributed by atoms with van der Waals surface area (Å²) in [5.41, 5.74) is 0. The molecule has 0 aromatic rings. The quantitative estimate of drug-likeness (QED) is 0.624. The fourth-order valence-corrected chi connectivity index (χ4v) is 2.82. The Hall–Kier alpha value is -0.620. The maximum atomic E-state index is 11.4. The zero-order valence-corrected chi connectivity index (χ0v) is 9.92. The number of sulfone groups is 1. The monoisotopic (exact) mass is 238 g/mol. The van der Waals surface area contributed by atoms with E-state index >= 15 is 0 Å². The minimum Gasteiger partial charge on any atom is -0.481 e. The first-order valence-electron chi connectivity index (χ1n) is 4.81. The highest BCUT2D eigenvalue weighted by molar-refractivity contribution is 7.91. The van der Waals surface area contributed by atoms with Gasteiger partial charge >= 0.3 is 5.97 Å². The van der Waals surface area contributed by atoms with E-state index < -0.39 is 21.7 Å². The molecule has 1 unspecified atom stereocenters. The third-order valence-corrected chi connectivity index (χ3v) is 3.90. The molecule has 0 saturated heterocycles. The normalized spacial score (nSPS) is 13.7. The highest BCUT2D eigenvalue weighted by atomic mass is 32.2. The van der Waals surface area contributed by atoms with E-state index in [1.165, 1.54) is 6.92 Å². The van der Waals surface area contributed by atoms with Crippen molar-refractivity contribution in [1.82, 2.24) is 0 Å². The molecule has 0 saturated carbocycles. The van der Waals surface area contributed by atoms with Gasteiger partial charge < -0.3 is 9.84 Å². The van der Waals surface area contributed by atoms with E-state index in [2.05, 4.69) is 0 Å². The Bertz CT molecular complexity index is 283. The average molecular weight is 238 g/mol. The smallest absolute Gasteiger partial charge is 0.307 e. The lowest BCUT2D eigenvalue weighted by atomic mass is 10.2. The Labute approximate surface area is 90.4 Å². The average Bonchev–Trinajstić information content (AvgIpc) is 2.11. The summed E-state index contributed by atoms with van der Waals surface area (Å²) in [6.45, 7) is 1.93. The molecule has 5 nitrogen and oxygen atoms in total. The molecule has 0 fully saturated rings. The van der Waals surface area contributed by atoms with Crippen molar-refractivity contribution < 1.29 is 23.1 Å². The zero-order chi connectivity index (χ0) is 11.9. The summed E-state index contributed by atoms with van der Waals surface area (Å²) in [5, 5.41) is 8.57.